The molecule has 31 heavy (non-hydrogen) atoms. The van der Waals surface area contributed by atoms with Gasteiger partial charge in [0.15, 0.2) is 0 Å². The third-order valence-corrected chi connectivity index (χ3v) is 10.4. The second-order valence-electron chi connectivity index (χ2n) is 12.7. The fourth-order valence-electron chi connectivity index (χ4n) is 8.81. The van der Waals surface area contributed by atoms with Crippen molar-refractivity contribution in [2.24, 2.45) is 34.5 Å². The molecule has 4 nitrogen and oxygen atoms in total. The summed E-state index contributed by atoms with van der Waals surface area (Å²) in [4.78, 5) is 12.7. The zero-order valence-corrected chi connectivity index (χ0v) is 20.1. The molecular formula is C27H42O4. The average molecular weight is 431 g/mol. The number of rotatable bonds is 4. The predicted octanol–water partition coefficient (Wildman–Crippen LogP) is 5.34. The Bertz CT molecular complexity index is 783. The maximum atomic E-state index is 10.4. The van der Waals surface area contributed by atoms with Crippen LogP contribution in [0, 0.1) is 34.5 Å². The van der Waals surface area contributed by atoms with Gasteiger partial charge in [-0.15, -0.1) is 0 Å². The number of hydrogen-bond donors (Lipinski definition) is 2. The van der Waals surface area contributed by atoms with Crippen molar-refractivity contribution in [3.8, 4) is 0 Å². The van der Waals surface area contributed by atoms with E-state index in [0.29, 0.717) is 30.1 Å². The van der Waals surface area contributed by atoms with Gasteiger partial charge in [-0.25, -0.2) is 9.78 Å². The average Bonchev–Trinajstić information content (AvgIpc) is 3.05. The van der Waals surface area contributed by atoms with Crippen molar-refractivity contribution in [2.75, 3.05) is 0 Å². The Kier molecular flexibility index (Phi) is 4.94. The van der Waals surface area contributed by atoms with Crippen LogP contribution in [0.5, 0.6) is 0 Å². The minimum atomic E-state index is -0.742. The number of hydrogen-bond acceptors (Lipinski definition) is 4. The molecule has 2 aliphatic heterocycles. The van der Waals surface area contributed by atoms with Crippen LogP contribution in [0.3, 0.4) is 0 Å². The Balaban J connectivity index is 1.43. The molecule has 9 atom stereocenters. The molecule has 2 N–H and O–H groups in total. The molecular weight excluding hydrogens is 388 g/mol. The molecule has 6 rings (SSSR count). The van der Waals surface area contributed by atoms with Gasteiger partial charge in [0, 0.05) is 23.7 Å². The molecule has 0 unspecified atom stereocenters. The molecule has 0 amide bonds. The first-order valence-electron chi connectivity index (χ1n) is 12.6. The van der Waals surface area contributed by atoms with Crippen LogP contribution in [0.4, 0.5) is 0 Å². The van der Waals surface area contributed by atoms with Gasteiger partial charge in [-0.3, -0.25) is 0 Å². The van der Waals surface area contributed by atoms with E-state index in [1.165, 1.54) is 25.7 Å². The van der Waals surface area contributed by atoms with E-state index < -0.39 is 11.2 Å². The van der Waals surface area contributed by atoms with Gasteiger partial charge in [-0.05, 0) is 82.1 Å². The van der Waals surface area contributed by atoms with Crippen molar-refractivity contribution >= 4 is 0 Å². The highest BCUT2D eigenvalue weighted by molar-refractivity contribution is 5.33. The van der Waals surface area contributed by atoms with E-state index in [1.807, 2.05) is 19.9 Å². The van der Waals surface area contributed by atoms with Crippen molar-refractivity contribution < 1.29 is 20.0 Å². The van der Waals surface area contributed by atoms with Gasteiger partial charge in [0.1, 0.15) is 11.2 Å². The monoisotopic (exact) mass is 430 g/mol. The van der Waals surface area contributed by atoms with E-state index in [1.54, 1.807) is 0 Å². The standard InChI is InChI=1S/C27H42O4/c1-18(7-6-12-23(2,3)29)20-8-9-21-24(20,4)13-11-22-25(5)14-10-19(28)17-26(25)15-16-27(21,22)31-30-26/h6,12,15-16,18-22,28-29H,7-11,13-14,17H2,1-5H3/b12-6+/t18-,19+,20-,21-,22-,24-,25-,26-,27+/m1/s1. The van der Waals surface area contributed by atoms with E-state index in [9.17, 15) is 10.2 Å². The van der Waals surface area contributed by atoms with E-state index in [-0.39, 0.29) is 22.5 Å². The van der Waals surface area contributed by atoms with Gasteiger partial charge >= 0.3 is 0 Å². The fourth-order valence-corrected chi connectivity index (χ4v) is 8.81. The summed E-state index contributed by atoms with van der Waals surface area (Å²) < 4.78 is 0. The van der Waals surface area contributed by atoms with E-state index in [0.717, 1.165) is 19.3 Å². The zero-order chi connectivity index (χ0) is 22.3. The first-order chi connectivity index (χ1) is 14.5. The summed E-state index contributed by atoms with van der Waals surface area (Å²) >= 11 is 0. The van der Waals surface area contributed by atoms with Crippen LogP contribution >= 0.6 is 0 Å². The Labute approximate surface area is 188 Å². The van der Waals surface area contributed by atoms with Crippen LogP contribution in [0.1, 0.15) is 86.0 Å². The molecule has 3 saturated carbocycles. The van der Waals surface area contributed by atoms with E-state index in [2.05, 4.69) is 39.0 Å². The maximum Gasteiger partial charge on any atom is 0.130 e. The van der Waals surface area contributed by atoms with Crippen LogP contribution in [0.15, 0.2) is 24.3 Å². The minimum absolute atomic E-state index is 0.0414. The lowest BCUT2D eigenvalue weighted by Gasteiger charge is -2.69. The van der Waals surface area contributed by atoms with Crippen LogP contribution in [0.2, 0.25) is 0 Å². The molecule has 4 aliphatic carbocycles. The topological polar surface area (TPSA) is 58.9 Å². The lowest BCUT2D eigenvalue weighted by Crippen LogP contribution is -2.73. The summed E-state index contributed by atoms with van der Waals surface area (Å²) in [5, 5.41) is 20.4. The highest BCUT2D eigenvalue weighted by Gasteiger charge is 2.74. The molecule has 2 bridgehead atoms. The molecule has 0 aromatic heterocycles. The zero-order valence-electron chi connectivity index (χ0n) is 20.1. The molecule has 6 aliphatic rings. The van der Waals surface area contributed by atoms with Gasteiger partial charge in [0.2, 0.25) is 0 Å². The van der Waals surface area contributed by atoms with Crippen molar-refractivity contribution in [1.29, 1.82) is 0 Å². The number of aliphatic hydroxyl groups excluding tert-OH is 1. The largest absolute Gasteiger partial charge is 0.393 e. The Morgan fingerprint density at radius 2 is 1.84 bits per heavy atom. The SMILES string of the molecule is C[C@H](C/C=C/C(C)(C)O)[C@H]1CC[C@@H]2[C@]1(C)CC[C@H]1[C@]23C=C[C@]2(C[C@@H](O)CC[C@]12C)OO3. The molecule has 2 heterocycles. The smallest absolute Gasteiger partial charge is 0.130 e. The van der Waals surface area contributed by atoms with Crippen molar-refractivity contribution in [1.82, 2.24) is 0 Å². The molecule has 4 heteroatoms. The van der Waals surface area contributed by atoms with Crippen LogP contribution in [-0.2, 0) is 9.78 Å². The van der Waals surface area contributed by atoms with E-state index in [4.69, 9.17) is 9.78 Å². The van der Waals surface area contributed by atoms with E-state index >= 15 is 0 Å². The molecule has 1 saturated heterocycles. The first-order valence-corrected chi connectivity index (χ1v) is 12.6. The lowest BCUT2D eigenvalue weighted by atomic mass is 9.42. The van der Waals surface area contributed by atoms with Crippen LogP contribution in [0.25, 0.3) is 0 Å². The van der Waals surface area contributed by atoms with Gasteiger partial charge in [0.05, 0.1) is 11.7 Å². The molecule has 4 fully saturated rings. The third-order valence-electron chi connectivity index (χ3n) is 10.4. The normalized spacial score (nSPS) is 52.1. The molecule has 2 spiro atoms. The third kappa shape index (κ3) is 3.01. The minimum Gasteiger partial charge on any atom is -0.393 e. The summed E-state index contributed by atoms with van der Waals surface area (Å²) in [7, 11) is 0. The van der Waals surface area contributed by atoms with Gasteiger partial charge < -0.3 is 10.2 Å². The molecule has 0 radical (unpaired) electrons. The quantitative estimate of drug-likeness (QED) is 0.467. The van der Waals surface area contributed by atoms with Crippen molar-refractivity contribution in [3.63, 3.8) is 0 Å². The van der Waals surface area contributed by atoms with Crippen molar-refractivity contribution in [3.05, 3.63) is 24.3 Å². The van der Waals surface area contributed by atoms with Gasteiger partial charge in [-0.1, -0.05) is 39.0 Å². The Morgan fingerprint density at radius 1 is 1.06 bits per heavy atom. The van der Waals surface area contributed by atoms with Gasteiger partial charge in [-0.2, -0.15) is 0 Å². The number of fused-ring (bicyclic) bond motifs is 2. The Morgan fingerprint density at radius 3 is 2.52 bits per heavy atom. The summed E-state index contributed by atoms with van der Waals surface area (Å²) in [6.45, 7) is 11.0. The second-order valence-corrected chi connectivity index (χ2v) is 12.7. The summed E-state index contributed by atoms with van der Waals surface area (Å²) in [5.41, 5.74) is -1.23. The van der Waals surface area contributed by atoms with Crippen molar-refractivity contribution in [2.45, 2.75) is 109 Å². The molecule has 0 aromatic rings. The molecule has 0 aromatic carbocycles. The fraction of sp³-hybridized carbons (Fsp3) is 0.852. The summed E-state index contributed by atoms with van der Waals surface area (Å²) in [6, 6.07) is 0. The summed E-state index contributed by atoms with van der Waals surface area (Å²) in [5.74, 6) is 2.18. The summed E-state index contributed by atoms with van der Waals surface area (Å²) in [6.07, 6.45) is 16.9. The predicted molar refractivity (Wildman–Crippen MR) is 121 cm³/mol. The highest BCUT2D eigenvalue weighted by atomic mass is 17.2. The second kappa shape index (κ2) is 6.91. The van der Waals surface area contributed by atoms with Crippen LogP contribution in [-0.4, -0.2) is 33.1 Å². The Hall–Kier alpha value is -0.680. The maximum absolute atomic E-state index is 10.4. The highest BCUT2D eigenvalue weighted by Crippen LogP contribution is 2.72. The first kappa shape index (κ1) is 22.1. The van der Waals surface area contributed by atoms with Gasteiger partial charge in [0.25, 0.3) is 0 Å². The number of allylic oxidation sites excluding steroid dienone is 1. The van der Waals surface area contributed by atoms with Crippen LogP contribution < -0.4 is 0 Å². The molecule has 174 valence electrons. The lowest BCUT2D eigenvalue weighted by molar-refractivity contribution is -0.497. The number of aliphatic hydroxyl groups is 2.